The lowest BCUT2D eigenvalue weighted by atomic mass is 10.1. The van der Waals surface area contributed by atoms with Crippen LogP contribution in [0.5, 0.6) is 0 Å². The van der Waals surface area contributed by atoms with Gasteiger partial charge >= 0.3 is 8.56 Å². The molecule has 0 saturated heterocycles. The van der Waals surface area contributed by atoms with Gasteiger partial charge in [0, 0.05) is 14.2 Å². The molecule has 0 bridgehead atoms. The molecule has 0 spiro atoms. The number of hydrogen-bond acceptors (Lipinski definition) is 2. The molecule has 0 radical (unpaired) electrons. The molecule has 0 N–H and O–H groups in total. The largest absolute Gasteiger partial charge is 0.398 e. The Morgan fingerprint density at radius 2 is 1.69 bits per heavy atom. The molecule has 0 atom stereocenters. The summed E-state index contributed by atoms with van der Waals surface area (Å²) in [5.41, 5.74) is 0. The highest BCUT2D eigenvalue weighted by Gasteiger charge is 2.28. The molecule has 0 aliphatic heterocycles. The first kappa shape index (κ1) is 10.7. The van der Waals surface area contributed by atoms with Crippen LogP contribution >= 0.6 is 0 Å². The van der Waals surface area contributed by atoms with Crippen LogP contribution in [-0.2, 0) is 8.85 Å². The minimum atomic E-state index is -1.83. The predicted molar refractivity (Wildman–Crippen MR) is 56.8 cm³/mol. The molecule has 13 heavy (non-hydrogen) atoms. The van der Waals surface area contributed by atoms with E-state index in [1.54, 1.807) is 14.2 Å². The molecule has 1 aliphatic rings. The van der Waals surface area contributed by atoms with Crippen LogP contribution in [0.15, 0.2) is 24.3 Å². The fourth-order valence-corrected chi connectivity index (χ4v) is 2.82. The standard InChI is InChI=1S/C10H18O2Si/c1-11-13(3,12-2)9-8-10-6-4-5-7-10/h4-7,10H,8-9H2,1-3H3. The Labute approximate surface area is 81.5 Å². The molecule has 1 aliphatic carbocycles. The van der Waals surface area contributed by atoms with Crippen molar-refractivity contribution in [2.45, 2.75) is 19.0 Å². The molecule has 0 aromatic heterocycles. The topological polar surface area (TPSA) is 18.5 Å². The Morgan fingerprint density at radius 3 is 2.15 bits per heavy atom. The van der Waals surface area contributed by atoms with Gasteiger partial charge in [0.05, 0.1) is 0 Å². The Balaban J connectivity index is 2.31. The quantitative estimate of drug-likeness (QED) is 0.632. The summed E-state index contributed by atoms with van der Waals surface area (Å²) in [6.45, 7) is 2.11. The molecule has 3 heteroatoms. The smallest absolute Gasteiger partial charge is 0.334 e. The van der Waals surface area contributed by atoms with Gasteiger partial charge in [0.15, 0.2) is 0 Å². The summed E-state index contributed by atoms with van der Waals surface area (Å²) in [5.74, 6) is 0.595. The minimum Gasteiger partial charge on any atom is -0.398 e. The van der Waals surface area contributed by atoms with E-state index in [4.69, 9.17) is 8.85 Å². The van der Waals surface area contributed by atoms with Crippen molar-refractivity contribution in [1.29, 1.82) is 0 Å². The Morgan fingerprint density at radius 1 is 1.15 bits per heavy atom. The first-order chi connectivity index (χ1) is 6.20. The van der Waals surface area contributed by atoms with Crippen LogP contribution in [0.25, 0.3) is 0 Å². The third-order valence-electron chi connectivity index (χ3n) is 2.62. The van der Waals surface area contributed by atoms with Gasteiger partial charge in [-0.25, -0.2) is 0 Å². The first-order valence-electron chi connectivity index (χ1n) is 4.65. The zero-order chi connectivity index (χ0) is 9.73. The molecular weight excluding hydrogens is 180 g/mol. The van der Waals surface area contributed by atoms with E-state index < -0.39 is 8.56 Å². The molecule has 74 valence electrons. The lowest BCUT2D eigenvalue weighted by Gasteiger charge is -2.23. The van der Waals surface area contributed by atoms with Crippen molar-refractivity contribution < 1.29 is 8.85 Å². The molecule has 0 amide bonds. The van der Waals surface area contributed by atoms with Gasteiger partial charge in [-0.15, -0.1) is 0 Å². The third-order valence-corrected chi connectivity index (χ3v) is 5.55. The van der Waals surface area contributed by atoms with Crippen LogP contribution in [0.4, 0.5) is 0 Å². The second-order valence-corrected chi connectivity index (χ2v) is 7.10. The van der Waals surface area contributed by atoms with E-state index in [0.717, 1.165) is 12.5 Å². The van der Waals surface area contributed by atoms with Crippen LogP contribution in [0.3, 0.4) is 0 Å². The Kier molecular flexibility index (Phi) is 3.90. The summed E-state index contributed by atoms with van der Waals surface area (Å²) in [6.07, 6.45) is 9.78. The van der Waals surface area contributed by atoms with Crippen molar-refractivity contribution in [3.63, 3.8) is 0 Å². The number of allylic oxidation sites excluding steroid dienone is 4. The van der Waals surface area contributed by atoms with Crippen molar-refractivity contribution in [3.8, 4) is 0 Å². The van der Waals surface area contributed by atoms with Crippen molar-refractivity contribution in [3.05, 3.63) is 24.3 Å². The van der Waals surface area contributed by atoms with E-state index in [1.807, 2.05) is 0 Å². The maximum Gasteiger partial charge on any atom is 0.334 e. The van der Waals surface area contributed by atoms with E-state index in [-0.39, 0.29) is 0 Å². The van der Waals surface area contributed by atoms with E-state index in [2.05, 4.69) is 30.9 Å². The normalized spacial score (nSPS) is 17.2. The first-order valence-corrected chi connectivity index (χ1v) is 7.18. The Bertz CT molecular complexity index is 195. The summed E-state index contributed by atoms with van der Waals surface area (Å²) in [4.78, 5) is 0. The molecular formula is C10H18O2Si. The van der Waals surface area contributed by atoms with E-state index in [9.17, 15) is 0 Å². The molecule has 2 nitrogen and oxygen atoms in total. The highest BCUT2D eigenvalue weighted by molar-refractivity contribution is 6.65. The average molecular weight is 198 g/mol. The lowest BCUT2D eigenvalue weighted by Crippen LogP contribution is -2.36. The molecule has 0 aromatic rings. The van der Waals surface area contributed by atoms with E-state index in [1.165, 1.54) is 0 Å². The van der Waals surface area contributed by atoms with Gasteiger partial charge < -0.3 is 8.85 Å². The summed E-state index contributed by atoms with van der Waals surface area (Å²) >= 11 is 0. The van der Waals surface area contributed by atoms with Crippen molar-refractivity contribution in [2.24, 2.45) is 5.92 Å². The van der Waals surface area contributed by atoms with Crippen molar-refractivity contribution in [2.75, 3.05) is 14.2 Å². The van der Waals surface area contributed by atoms with Crippen molar-refractivity contribution >= 4 is 8.56 Å². The third kappa shape index (κ3) is 3.10. The highest BCUT2D eigenvalue weighted by atomic mass is 28.4. The van der Waals surface area contributed by atoms with Crippen LogP contribution in [0, 0.1) is 5.92 Å². The number of rotatable bonds is 5. The maximum atomic E-state index is 5.42. The molecule has 0 saturated carbocycles. The summed E-state index contributed by atoms with van der Waals surface area (Å²) in [7, 11) is 1.66. The Hall–Kier alpha value is -0.383. The lowest BCUT2D eigenvalue weighted by molar-refractivity contribution is 0.247. The minimum absolute atomic E-state index is 0.595. The van der Waals surface area contributed by atoms with Crippen LogP contribution < -0.4 is 0 Å². The fraction of sp³-hybridized carbons (Fsp3) is 0.600. The maximum absolute atomic E-state index is 5.42. The second-order valence-electron chi connectivity index (χ2n) is 3.51. The molecule has 0 unspecified atom stereocenters. The molecule has 0 heterocycles. The van der Waals surface area contributed by atoms with Gasteiger partial charge in [-0.2, -0.15) is 0 Å². The predicted octanol–water partition coefficient (Wildman–Crippen LogP) is 2.48. The van der Waals surface area contributed by atoms with E-state index >= 15 is 0 Å². The second kappa shape index (κ2) is 4.74. The van der Waals surface area contributed by atoms with Gasteiger partial charge in [0.1, 0.15) is 0 Å². The summed E-state index contributed by atoms with van der Waals surface area (Å²) in [5, 5.41) is 0. The van der Waals surface area contributed by atoms with Crippen LogP contribution in [-0.4, -0.2) is 22.8 Å². The zero-order valence-electron chi connectivity index (χ0n) is 8.62. The van der Waals surface area contributed by atoms with Crippen LogP contribution in [0.1, 0.15) is 6.42 Å². The van der Waals surface area contributed by atoms with Gasteiger partial charge in [-0.3, -0.25) is 0 Å². The monoisotopic (exact) mass is 198 g/mol. The molecule has 1 rings (SSSR count). The fourth-order valence-electron chi connectivity index (χ4n) is 1.39. The zero-order valence-corrected chi connectivity index (χ0v) is 9.62. The van der Waals surface area contributed by atoms with Crippen molar-refractivity contribution in [1.82, 2.24) is 0 Å². The van der Waals surface area contributed by atoms with Gasteiger partial charge in [-0.05, 0) is 24.9 Å². The average Bonchev–Trinajstić information content (AvgIpc) is 2.67. The van der Waals surface area contributed by atoms with Gasteiger partial charge in [-0.1, -0.05) is 24.3 Å². The highest BCUT2D eigenvalue weighted by Crippen LogP contribution is 2.21. The SMILES string of the molecule is CO[Si](C)(CCC1C=CC=C1)OC. The summed E-state index contributed by atoms with van der Waals surface area (Å²) in [6, 6.07) is 1.05. The molecule has 0 aromatic carbocycles. The van der Waals surface area contributed by atoms with Gasteiger partial charge in [0.2, 0.25) is 0 Å². The molecule has 0 fully saturated rings. The van der Waals surface area contributed by atoms with E-state index in [0.29, 0.717) is 5.92 Å². The van der Waals surface area contributed by atoms with Crippen LogP contribution in [0.2, 0.25) is 12.6 Å². The summed E-state index contributed by atoms with van der Waals surface area (Å²) < 4.78 is 10.8. The number of hydrogen-bond donors (Lipinski definition) is 0. The van der Waals surface area contributed by atoms with Gasteiger partial charge in [0.25, 0.3) is 0 Å².